The predicted molar refractivity (Wildman–Crippen MR) is 80.1 cm³/mol. The third kappa shape index (κ3) is 5.45. The molecule has 0 spiro atoms. The van der Waals surface area contributed by atoms with Gasteiger partial charge in [0.05, 0.1) is 10.5 Å². The first-order valence-electron chi connectivity index (χ1n) is 6.54. The van der Waals surface area contributed by atoms with Crippen molar-refractivity contribution in [3.05, 3.63) is 29.8 Å². The fourth-order valence-electron chi connectivity index (χ4n) is 1.82. The van der Waals surface area contributed by atoms with Gasteiger partial charge in [0.25, 0.3) is 0 Å². The Morgan fingerprint density at radius 3 is 2.24 bits per heavy atom. The van der Waals surface area contributed by atoms with E-state index in [9.17, 15) is 18.3 Å². The number of carbonyl (C=O) groups is 1. The maximum atomic E-state index is 12.3. The van der Waals surface area contributed by atoms with Crippen LogP contribution in [0, 0.1) is 0 Å². The zero-order valence-electron chi connectivity index (χ0n) is 12.8. The average Bonchev–Trinajstić information content (AvgIpc) is 2.34. The molecule has 0 aliphatic rings. The fraction of sp³-hybridized carbons (Fsp3) is 0.500. The standard InChI is InChI=1S/C14H22N2O4S/c1-11(17)15-9-12-5-7-13(8-6-12)21(19,20)16(4)10-14(2,3)18/h5-8,18H,9-10H2,1-4H3,(H,15,17). The smallest absolute Gasteiger partial charge is 0.242 e. The van der Waals surface area contributed by atoms with E-state index in [2.05, 4.69) is 5.32 Å². The zero-order valence-corrected chi connectivity index (χ0v) is 13.6. The topological polar surface area (TPSA) is 86.7 Å². The Morgan fingerprint density at radius 1 is 1.29 bits per heavy atom. The van der Waals surface area contributed by atoms with Crippen molar-refractivity contribution in [3.8, 4) is 0 Å². The number of sulfonamides is 1. The number of carbonyl (C=O) groups excluding carboxylic acids is 1. The molecule has 6 nitrogen and oxygen atoms in total. The SMILES string of the molecule is CC(=O)NCc1ccc(S(=O)(=O)N(C)CC(C)(C)O)cc1. The lowest BCUT2D eigenvalue weighted by atomic mass is 10.1. The Hall–Kier alpha value is -1.44. The van der Waals surface area contributed by atoms with E-state index in [1.807, 2.05) is 0 Å². The molecule has 2 N–H and O–H groups in total. The number of aliphatic hydroxyl groups is 1. The van der Waals surface area contributed by atoms with E-state index in [1.165, 1.54) is 26.1 Å². The summed E-state index contributed by atoms with van der Waals surface area (Å²) in [4.78, 5) is 11.0. The van der Waals surface area contributed by atoms with Crippen molar-refractivity contribution in [1.29, 1.82) is 0 Å². The van der Waals surface area contributed by atoms with Crippen molar-refractivity contribution in [3.63, 3.8) is 0 Å². The molecule has 1 aromatic carbocycles. The molecule has 0 fully saturated rings. The van der Waals surface area contributed by atoms with Gasteiger partial charge >= 0.3 is 0 Å². The normalized spacial score (nSPS) is 12.5. The van der Waals surface area contributed by atoms with Gasteiger partial charge in [-0.1, -0.05) is 12.1 Å². The molecule has 1 aromatic rings. The molecular formula is C14H22N2O4S. The van der Waals surface area contributed by atoms with Gasteiger partial charge in [-0.15, -0.1) is 0 Å². The van der Waals surface area contributed by atoms with Gasteiger partial charge in [0.2, 0.25) is 15.9 Å². The number of likely N-dealkylation sites (N-methyl/N-ethyl adjacent to an activating group) is 1. The van der Waals surface area contributed by atoms with Crippen LogP contribution in [0.5, 0.6) is 0 Å². The summed E-state index contributed by atoms with van der Waals surface area (Å²) >= 11 is 0. The molecule has 0 aliphatic carbocycles. The van der Waals surface area contributed by atoms with Crippen molar-refractivity contribution in [2.24, 2.45) is 0 Å². The van der Waals surface area contributed by atoms with Crippen LogP contribution in [-0.2, 0) is 21.4 Å². The number of nitrogens with one attached hydrogen (secondary N) is 1. The molecule has 0 radical (unpaired) electrons. The van der Waals surface area contributed by atoms with E-state index in [0.29, 0.717) is 6.54 Å². The largest absolute Gasteiger partial charge is 0.389 e. The molecular weight excluding hydrogens is 292 g/mol. The Kier molecular flexibility index (Phi) is 5.49. The monoisotopic (exact) mass is 314 g/mol. The number of benzene rings is 1. The lowest BCUT2D eigenvalue weighted by Crippen LogP contribution is -2.39. The molecule has 0 aliphatic heterocycles. The lowest BCUT2D eigenvalue weighted by Gasteiger charge is -2.25. The van der Waals surface area contributed by atoms with Crippen molar-refractivity contribution >= 4 is 15.9 Å². The Labute approximate surface area is 125 Å². The Balaban J connectivity index is 2.87. The fourth-order valence-corrected chi connectivity index (χ4v) is 3.14. The molecule has 21 heavy (non-hydrogen) atoms. The lowest BCUT2D eigenvalue weighted by molar-refractivity contribution is -0.119. The van der Waals surface area contributed by atoms with Crippen LogP contribution in [0.25, 0.3) is 0 Å². The van der Waals surface area contributed by atoms with Crippen LogP contribution >= 0.6 is 0 Å². The first kappa shape index (κ1) is 17.6. The van der Waals surface area contributed by atoms with Gasteiger partial charge < -0.3 is 10.4 Å². The first-order valence-corrected chi connectivity index (χ1v) is 7.98. The minimum absolute atomic E-state index is 0.00295. The van der Waals surface area contributed by atoms with Crippen LogP contribution in [-0.4, -0.2) is 42.9 Å². The van der Waals surface area contributed by atoms with Crippen LogP contribution in [0.15, 0.2) is 29.2 Å². The minimum atomic E-state index is -3.63. The number of amides is 1. The summed E-state index contributed by atoms with van der Waals surface area (Å²) < 4.78 is 25.8. The van der Waals surface area contributed by atoms with Crippen molar-refractivity contribution in [2.45, 2.75) is 37.8 Å². The maximum Gasteiger partial charge on any atom is 0.242 e. The van der Waals surface area contributed by atoms with Crippen LogP contribution < -0.4 is 5.32 Å². The minimum Gasteiger partial charge on any atom is -0.389 e. The second kappa shape index (κ2) is 6.55. The molecule has 118 valence electrons. The highest BCUT2D eigenvalue weighted by Crippen LogP contribution is 2.17. The van der Waals surface area contributed by atoms with Gasteiger partial charge in [0.1, 0.15) is 0 Å². The van der Waals surface area contributed by atoms with Gasteiger partial charge in [-0.05, 0) is 31.5 Å². The second-order valence-corrected chi connectivity index (χ2v) is 7.67. The molecule has 7 heteroatoms. The number of rotatable bonds is 6. The van der Waals surface area contributed by atoms with Gasteiger partial charge in [-0.25, -0.2) is 8.42 Å². The van der Waals surface area contributed by atoms with Crippen LogP contribution in [0.4, 0.5) is 0 Å². The van der Waals surface area contributed by atoms with Crippen molar-refractivity contribution in [1.82, 2.24) is 9.62 Å². The number of nitrogens with zero attached hydrogens (tertiary/aromatic N) is 1. The third-order valence-electron chi connectivity index (χ3n) is 2.78. The van der Waals surface area contributed by atoms with E-state index < -0.39 is 15.6 Å². The summed E-state index contributed by atoms with van der Waals surface area (Å²) in [6, 6.07) is 6.29. The number of hydrogen-bond donors (Lipinski definition) is 2. The van der Waals surface area contributed by atoms with Gasteiger partial charge in [-0.2, -0.15) is 4.31 Å². The molecule has 0 saturated carbocycles. The predicted octanol–water partition coefficient (Wildman–Crippen LogP) is 0.714. The summed E-state index contributed by atoms with van der Waals surface area (Å²) in [5.74, 6) is -0.142. The second-order valence-electron chi connectivity index (χ2n) is 5.63. The summed E-state index contributed by atoms with van der Waals surface area (Å²) in [6.07, 6.45) is 0. The molecule has 0 unspecified atom stereocenters. The molecule has 1 amide bonds. The quantitative estimate of drug-likeness (QED) is 0.810. The molecule has 0 heterocycles. The van der Waals surface area contributed by atoms with Gasteiger partial charge in [0, 0.05) is 27.1 Å². The highest BCUT2D eigenvalue weighted by Gasteiger charge is 2.26. The summed E-state index contributed by atoms with van der Waals surface area (Å²) in [5, 5.41) is 12.4. The van der Waals surface area contributed by atoms with E-state index >= 15 is 0 Å². The van der Waals surface area contributed by atoms with Gasteiger partial charge in [0.15, 0.2) is 0 Å². The van der Waals surface area contributed by atoms with Crippen molar-refractivity contribution < 1.29 is 18.3 Å². The highest BCUT2D eigenvalue weighted by molar-refractivity contribution is 7.89. The van der Waals surface area contributed by atoms with Gasteiger partial charge in [-0.3, -0.25) is 4.79 Å². The Bertz CT molecular complexity index is 588. The summed E-state index contributed by atoms with van der Waals surface area (Å²) in [6.45, 7) is 4.88. The Morgan fingerprint density at radius 2 is 1.81 bits per heavy atom. The van der Waals surface area contributed by atoms with Crippen molar-refractivity contribution in [2.75, 3.05) is 13.6 Å². The van der Waals surface area contributed by atoms with Crippen LogP contribution in [0.3, 0.4) is 0 Å². The van der Waals surface area contributed by atoms with E-state index in [4.69, 9.17) is 0 Å². The number of hydrogen-bond acceptors (Lipinski definition) is 4. The average molecular weight is 314 g/mol. The molecule has 0 saturated heterocycles. The summed E-state index contributed by atoms with van der Waals surface area (Å²) in [7, 11) is -2.21. The van der Waals surface area contributed by atoms with E-state index in [0.717, 1.165) is 9.87 Å². The third-order valence-corrected chi connectivity index (χ3v) is 4.60. The molecule has 0 atom stereocenters. The molecule has 1 rings (SSSR count). The van der Waals surface area contributed by atoms with E-state index in [-0.39, 0.29) is 17.3 Å². The molecule has 0 bridgehead atoms. The first-order chi connectivity index (χ1) is 9.52. The molecule has 0 aromatic heterocycles. The highest BCUT2D eigenvalue weighted by atomic mass is 32.2. The maximum absolute atomic E-state index is 12.3. The van der Waals surface area contributed by atoms with Crippen LogP contribution in [0.1, 0.15) is 26.3 Å². The zero-order chi connectivity index (χ0) is 16.3. The summed E-state index contributed by atoms with van der Waals surface area (Å²) in [5.41, 5.74) is -0.290. The van der Waals surface area contributed by atoms with E-state index in [1.54, 1.807) is 26.0 Å². The van der Waals surface area contributed by atoms with Crippen LogP contribution in [0.2, 0.25) is 0 Å².